The molecule has 0 spiro atoms. The number of anilines is 2. The summed E-state index contributed by atoms with van der Waals surface area (Å²) >= 11 is 0. The lowest BCUT2D eigenvalue weighted by Crippen LogP contribution is -2.35. The zero-order chi connectivity index (χ0) is 15.7. The number of nitrogens with zero attached hydrogens (tertiary/aromatic N) is 3. The van der Waals surface area contributed by atoms with E-state index in [0.717, 1.165) is 13.0 Å². The predicted octanol–water partition coefficient (Wildman–Crippen LogP) is 2.06. The van der Waals surface area contributed by atoms with Crippen LogP contribution < -0.4 is 15.4 Å². The van der Waals surface area contributed by atoms with Crippen LogP contribution in [0.2, 0.25) is 0 Å². The van der Waals surface area contributed by atoms with Crippen LogP contribution in [-0.2, 0) is 0 Å². The molecule has 0 amide bonds. The van der Waals surface area contributed by atoms with E-state index in [1.807, 2.05) is 20.8 Å². The molecule has 1 aromatic rings. The van der Waals surface area contributed by atoms with Crippen molar-refractivity contribution in [1.29, 1.82) is 0 Å². The molecule has 0 unspecified atom stereocenters. The Morgan fingerprint density at radius 2 is 1.62 bits per heavy atom. The number of aromatic nitrogens is 3. The molecule has 1 heterocycles. The van der Waals surface area contributed by atoms with Crippen LogP contribution in [0.15, 0.2) is 0 Å². The van der Waals surface area contributed by atoms with Crippen molar-refractivity contribution in [2.24, 2.45) is 0 Å². The first kappa shape index (κ1) is 17.4. The van der Waals surface area contributed by atoms with Gasteiger partial charge >= 0.3 is 6.01 Å². The molecule has 1 rings (SSSR count). The Balaban J connectivity index is 2.81. The summed E-state index contributed by atoms with van der Waals surface area (Å²) in [6.45, 7) is 9.52. The summed E-state index contributed by atoms with van der Waals surface area (Å²) < 4.78 is 5.35. The summed E-state index contributed by atoms with van der Waals surface area (Å²) in [7, 11) is 0. The molecular formula is C14H27N5O2. The number of hydrogen-bond acceptors (Lipinski definition) is 7. The number of nitrogens with one attached hydrogen (secondary N) is 2. The van der Waals surface area contributed by atoms with Crippen molar-refractivity contribution >= 4 is 11.9 Å². The number of aliphatic hydroxyl groups is 1. The first-order chi connectivity index (χ1) is 10.1. The average Bonchev–Trinajstić information content (AvgIpc) is 2.51. The van der Waals surface area contributed by atoms with Gasteiger partial charge < -0.3 is 20.5 Å². The molecule has 21 heavy (non-hydrogen) atoms. The van der Waals surface area contributed by atoms with E-state index in [1.165, 1.54) is 0 Å². The Bertz CT molecular complexity index is 424. The maximum Gasteiger partial charge on any atom is 0.323 e. The van der Waals surface area contributed by atoms with E-state index in [1.54, 1.807) is 0 Å². The van der Waals surface area contributed by atoms with Gasteiger partial charge in [0.1, 0.15) is 0 Å². The maximum atomic E-state index is 10.3. The molecule has 0 saturated carbocycles. The van der Waals surface area contributed by atoms with Crippen LogP contribution in [0.1, 0.15) is 47.0 Å². The van der Waals surface area contributed by atoms with Gasteiger partial charge in [-0.1, -0.05) is 20.8 Å². The summed E-state index contributed by atoms with van der Waals surface area (Å²) in [6, 6.07) is 0.283. The molecule has 0 radical (unpaired) electrons. The lowest BCUT2D eigenvalue weighted by molar-refractivity contribution is 0.0455. The fourth-order valence-electron chi connectivity index (χ4n) is 1.69. The molecular weight excluding hydrogens is 270 g/mol. The Morgan fingerprint density at radius 3 is 2.14 bits per heavy atom. The van der Waals surface area contributed by atoms with Crippen LogP contribution in [0.25, 0.3) is 0 Å². The van der Waals surface area contributed by atoms with Crippen LogP contribution in [-0.4, -0.2) is 45.4 Å². The lowest BCUT2D eigenvalue weighted by atomic mass is 9.98. The molecule has 0 aliphatic heterocycles. The molecule has 7 heteroatoms. The van der Waals surface area contributed by atoms with Gasteiger partial charge in [0.25, 0.3) is 0 Å². The molecule has 0 saturated heterocycles. The Hall–Kier alpha value is -1.63. The Labute approximate surface area is 126 Å². The zero-order valence-electron chi connectivity index (χ0n) is 13.4. The van der Waals surface area contributed by atoms with Crippen molar-refractivity contribution in [3.8, 4) is 6.01 Å². The highest BCUT2D eigenvalue weighted by Gasteiger charge is 2.22. The van der Waals surface area contributed by atoms with Gasteiger partial charge in [-0.3, -0.25) is 0 Å². The summed E-state index contributed by atoms with van der Waals surface area (Å²) in [5, 5.41) is 16.5. The van der Waals surface area contributed by atoms with E-state index >= 15 is 0 Å². The Kier molecular flexibility index (Phi) is 7.14. The van der Waals surface area contributed by atoms with Crippen molar-refractivity contribution in [2.45, 2.75) is 52.6 Å². The van der Waals surface area contributed by atoms with Crippen molar-refractivity contribution in [3.63, 3.8) is 0 Å². The maximum absolute atomic E-state index is 10.3. The van der Waals surface area contributed by atoms with E-state index in [-0.39, 0.29) is 6.01 Å². The van der Waals surface area contributed by atoms with Gasteiger partial charge in [0.2, 0.25) is 11.9 Å². The monoisotopic (exact) mass is 297 g/mol. The minimum absolute atomic E-state index is 0.283. The van der Waals surface area contributed by atoms with Gasteiger partial charge in [0.05, 0.1) is 12.2 Å². The largest absolute Gasteiger partial charge is 0.464 e. The fourth-order valence-corrected chi connectivity index (χ4v) is 1.69. The molecule has 0 atom stereocenters. The normalized spacial score (nSPS) is 11.3. The molecule has 0 aliphatic rings. The Morgan fingerprint density at radius 1 is 1.00 bits per heavy atom. The van der Waals surface area contributed by atoms with E-state index in [4.69, 9.17) is 4.74 Å². The summed E-state index contributed by atoms with van der Waals surface area (Å²) in [5.41, 5.74) is -0.755. The molecule has 0 bridgehead atoms. The van der Waals surface area contributed by atoms with E-state index in [9.17, 15) is 5.11 Å². The van der Waals surface area contributed by atoms with Crippen molar-refractivity contribution in [3.05, 3.63) is 0 Å². The molecule has 1 aromatic heterocycles. The average molecular weight is 297 g/mol. The van der Waals surface area contributed by atoms with E-state index in [2.05, 4.69) is 32.5 Å². The van der Waals surface area contributed by atoms with Gasteiger partial charge in [-0.2, -0.15) is 15.0 Å². The van der Waals surface area contributed by atoms with Gasteiger partial charge in [-0.15, -0.1) is 0 Å². The van der Waals surface area contributed by atoms with Gasteiger partial charge in [0.15, 0.2) is 0 Å². The summed E-state index contributed by atoms with van der Waals surface area (Å²) in [5.74, 6) is 0.890. The van der Waals surface area contributed by atoms with E-state index < -0.39 is 5.60 Å². The zero-order valence-corrected chi connectivity index (χ0v) is 13.4. The van der Waals surface area contributed by atoms with Gasteiger partial charge in [-0.05, 0) is 26.2 Å². The smallest absolute Gasteiger partial charge is 0.323 e. The predicted molar refractivity (Wildman–Crippen MR) is 83.8 cm³/mol. The third-order valence-electron chi connectivity index (χ3n) is 3.31. The highest BCUT2D eigenvalue weighted by Crippen LogP contribution is 2.16. The number of hydrogen-bond donors (Lipinski definition) is 3. The second kappa shape index (κ2) is 8.61. The first-order valence-corrected chi connectivity index (χ1v) is 7.65. The van der Waals surface area contributed by atoms with Gasteiger partial charge in [-0.25, -0.2) is 0 Å². The minimum Gasteiger partial charge on any atom is -0.464 e. The SMILES string of the molecule is CCCNc1nc(NCC(O)(CC)CC)nc(OCC)n1. The summed E-state index contributed by atoms with van der Waals surface area (Å²) in [4.78, 5) is 12.7. The van der Waals surface area contributed by atoms with Crippen LogP contribution in [0.4, 0.5) is 11.9 Å². The molecule has 7 nitrogen and oxygen atoms in total. The minimum atomic E-state index is -0.755. The molecule has 0 fully saturated rings. The highest BCUT2D eigenvalue weighted by atomic mass is 16.5. The highest BCUT2D eigenvalue weighted by molar-refractivity contribution is 5.36. The second-order valence-electron chi connectivity index (χ2n) is 4.91. The topological polar surface area (TPSA) is 92.2 Å². The van der Waals surface area contributed by atoms with Crippen LogP contribution >= 0.6 is 0 Å². The fraction of sp³-hybridized carbons (Fsp3) is 0.786. The third-order valence-corrected chi connectivity index (χ3v) is 3.31. The van der Waals surface area contributed by atoms with Crippen LogP contribution in [0.5, 0.6) is 6.01 Å². The molecule has 120 valence electrons. The van der Waals surface area contributed by atoms with Crippen molar-refractivity contribution in [1.82, 2.24) is 15.0 Å². The molecule has 0 aromatic carbocycles. The molecule has 3 N–H and O–H groups in total. The number of ether oxygens (including phenoxy) is 1. The van der Waals surface area contributed by atoms with Crippen LogP contribution in [0, 0.1) is 0 Å². The van der Waals surface area contributed by atoms with Gasteiger partial charge in [0, 0.05) is 13.1 Å². The lowest BCUT2D eigenvalue weighted by Gasteiger charge is -2.25. The molecule has 0 aliphatic carbocycles. The summed E-state index contributed by atoms with van der Waals surface area (Å²) in [6.07, 6.45) is 2.31. The first-order valence-electron chi connectivity index (χ1n) is 7.65. The third kappa shape index (κ3) is 5.71. The second-order valence-corrected chi connectivity index (χ2v) is 4.91. The van der Waals surface area contributed by atoms with Crippen LogP contribution in [0.3, 0.4) is 0 Å². The van der Waals surface area contributed by atoms with Crippen molar-refractivity contribution in [2.75, 3.05) is 30.3 Å². The quantitative estimate of drug-likeness (QED) is 0.608. The standard InChI is InChI=1S/C14H27N5O2/c1-5-9-15-11-17-12(19-13(18-11)21-8-4)16-10-14(20,6-2)7-3/h20H,5-10H2,1-4H3,(H2,15,16,17,18,19). The van der Waals surface area contributed by atoms with E-state index in [0.29, 0.717) is 37.9 Å². The van der Waals surface area contributed by atoms with Crippen molar-refractivity contribution < 1.29 is 9.84 Å². The number of rotatable bonds is 10.